The zero-order valence-electron chi connectivity index (χ0n) is 14.9. The minimum absolute atomic E-state index is 0.0577. The number of aromatic nitrogens is 1. The second-order valence-electron chi connectivity index (χ2n) is 7.04. The van der Waals surface area contributed by atoms with Crippen molar-refractivity contribution in [3.63, 3.8) is 0 Å². The Bertz CT molecular complexity index is 1040. The maximum Gasteiger partial charge on any atom is 0.251 e. The van der Waals surface area contributed by atoms with E-state index in [1.54, 1.807) is 0 Å². The molecule has 2 aromatic carbocycles. The molecule has 1 aliphatic rings. The van der Waals surface area contributed by atoms with Crippen LogP contribution in [0.1, 0.15) is 28.7 Å². The minimum atomic E-state index is -0.0577. The lowest BCUT2D eigenvalue weighted by molar-refractivity contribution is -0.132. The fourth-order valence-electron chi connectivity index (χ4n) is 3.63. The van der Waals surface area contributed by atoms with E-state index >= 15 is 0 Å². The van der Waals surface area contributed by atoms with Gasteiger partial charge in [0, 0.05) is 30.6 Å². The molecular weight excluding hydrogens is 324 g/mol. The first-order chi connectivity index (χ1) is 12.6. The third-order valence-electron chi connectivity index (χ3n) is 5.21. The summed E-state index contributed by atoms with van der Waals surface area (Å²) in [6, 6.07) is 16.3. The summed E-state index contributed by atoms with van der Waals surface area (Å²) >= 11 is 0. The smallest absolute Gasteiger partial charge is 0.251 e. The molecule has 2 heterocycles. The van der Waals surface area contributed by atoms with Crippen LogP contribution in [0, 0.1) is 6.92 Å². The highest BCUT2D eigenvalue weighted by atomic mass is 16.2. The molecule has 0 radical (unpaired) electrons. The van der Waals surface area contributed by atoms with Crippen molar-refractivity contribution in [3.8, 4) is 0 Å². The molecule has 132 valence electrons. The fraction of sp³-hybridized carbons (Fsp3) is 0.273. The summed E-state index contributed by atoms with van der Waals surface area (Å²) in [5.74, 6) is 0.192. The van der Waals surface area contributed by atoms with Crippen molar-refractivity contribution in [1.29, 1.82) is 0 Å². The standard InChI is InChI=1S/C22H22N2O2/c1-15-12-18-8-6-16(13-20(18)23-22(15)26)7-9-21(25)24-11-10-17-4-2-3-5-19(17)14-24/h2-6,8,12-13H,7,9-11,14H2,1H3,(H,23,26). The van der Waals surface area contributed by atoms with Crippen molar-refractivity contribution >= 4 is 16.8 Å². The number of pyridine rings is 1. The van der Waals surface area contributed by atoms with Gasteiger partial charge in [-0.25, -0.2) is 0 Å². The molecule has 0 bridgehead atoms. The van der Waals surface area contributed by atoms with Crippen molar-refractivity contribution < 1.29 is 4.79 Å². The van der Waals surface area contributed by atoms with Gasteiger partial charge in [-0.2, -0.15) is 0 Å². The van der Waals surface area contributed by atoms with Gasteiger partial charge in [0.25, 0.3) is 5.56 Å². The van der Waals surface area contributed by atoms with Crippen molar-refractivity contribution in [2.24, 2.45) is 0 Å². The van der Waals surface area contributed by atoms with Crippen LogP contribution in [0.25, 0.3) is 10.9 Å². The van der Waals surface area contributed by atoms with Crippen LogP contribution in [0.2, 0.25) is 0 Å². The lowest BCUT2D eigenvalue weighted by atomic mass is 9.99. The molecule has 0 atom stereocenters. The number of benzene rings is 2. The molecule has 0 aliphatic carbocycles. The maximum atomic E-state index is 12.6. The third-order valence-corrected chi connectivity index (χ3v) is 5.21. The van der Waals surface area contributed by atoms with Gasteiger partial charge < -0.3 is 9.88 Å². The Kier molecular flexibility index (Phi) is 4.33. The SMILES string of the molecule is Cc1cc2ccc(CCC(=O)N3CCc4ccccc4C3)cc2[nH]c1=O. The molecular formula is C22H22N2O2. The predicted octanol–water partition coefficient (Wildman–Crippen LogP) is 3.35. The second-order valence-corrected chi connectivity index (χ2v) is 7.04. The van der Waals surface area contributed by atoms with Crippen LogP contribution >= 0.6 is 0 Å². The van der Waals surface area contributed by atoms with Crippen LogP contribution in [-0.4, -0.2) is 22.3 Å². The quantitative estimate of drug-likeness (QED) is 0.791. The predicted molar refractivity (Wildman–Crippen MR) is 103 cm³/mol. The average molecular weight is 346 g/mol. The van der Waals surface area contributed by atoms with Gasteiger partial charge in [0.05, 0.1) is 0 Å². The summed E-state index contributed by atoms with van der Waals surface area (Å²) in [7, 11) is 0. The highest BCUT2D eigenvalue weighted by Gasteiger charge is 2.19. The fourth-order valence-corrected chi connectivity index (χ4v) is 3.63. The molecule has 1 N–H and O–H groups in total. The molecule has 0 saturated heterocycles. The van der Waals surface area contributed by atoms with Crippen LogP contribution in [-0.2, 0) is 24.2 Å². The number of rotatable bonds is 3. The Labute approximate surface area is 152 Å². The normalized spacial score (nSPS) is 13.7. The second kappa shape index (κ2) is 6.79. The number of aromatic amines is 1. The summed E-state index contributed by atoms with van der Waals surface area (Å²) in [5, 5.41) is 1.02. The van der Waals surface area contributed by atoms with Crippen LogP contribution in [0.4, 0.5) is 0 Å². The molecule has 4 heteroatoms. The van der Waals surface area contributed by atoms with E-state index in [0.29, 0.717) is 24.9 Å². The van der Waals surface area contributed by atoms with Crippen molar-refractivity contribution in [3.05, 3.63) is 81.1 Å². The van der Waals surface area contributed by atoms with E-state index in [4.69, 9.17) is 0 Å². The Morgan fingerprint density at radius 1 is 1.12 bits per heavy atom. The Morgan fingerprint density at radius 3 is 2.77 bits per heavy atom. The van der Waals surface area contributed by atoms with Crippen molar-refractivity contribution in [2.45, 2.75) is 32.7 Å². The van der Waals surface area contributed by atoms with E-state index in [1.807, 2.05) is 42.2 Å². The van der Waals surface area contributed by atoms with E-state index < -0.39 is 0 Å². The van der Waals surface area contributed by atoms with Crippen LogP contribution < -0.4 is 5.56 Å². The summed E-state index contributed by atoms with van der Waals surface area (Å²) in [6.07, 6.45) is 2.10. The van der Waals surface area contributed by atoms with Crippen LogP contribution in [0.15, 0.2) is 53.3 Å². The number of hydrogen-bond acceptors (Lipinski definition) is 2. The highest BCUT2D eigenvalue weighted by molar-refractivity contribution is 5.80. The number of amides is 1. The van der Waals surface area contributed by atoms with E-state index in [1.165, 1.54) is 11.1 Å². The maximum absolute atomic E-state index is 12.6. The Balaban J connectivity index is 1.44. The van der Waals surface area contributed by atoms with Gasteiger partial charge in [-0.1, -0.05) is 36.4 Å². The van der Waals surface area contributed by atoms with E-state index in [0.717, 1.165) is 29.4 Å². The number of nitrogens with zero attached hydrogens (tertiary/aromatic N) is 1. The first-order valence-corrected chi connectivity index (χ1v) is 9.07. The molecule has 0 fully saturated rings. The molecule has 1 aromatic heterocycles. The van der Waals surface area contributed by atoms with Gasteiger partial charge in [0.1, 0.15) is 0 Å². The largest absolute Gasteiger partial charge is 0.338 e. The zero-order chi connectivity index (χ0) is 18.1. The van der Waals surface area contributed by atoms with Gasteiger partial charge in [-0.15, -0.1) is 0 Å². The average Bonchev–Trinajstić information content (AvgIpc) is 2.66. The Morgan fingerprint density at radius 2 is 1.92 bits per heavy atom. The van der Waals surface area contributed by atoms with Crippen LogP contribution in [0.3, 0.4) is 0 Å². The molecule has 4 rings (SSSR count). The van der Waals surface area contributed by atoms with E-state index in [9.17, 15) is 9.59 Å². The first kappa shape index (κ1) is 16.6. The number of carbonyl (C=O) groups excluding carboxylic acids is 1. The molecule has 0 saturated carbocycles. The summed E-state index contributed by atoms with van der Waals surface area (Å²) < 4.78 is 0. The Hall–Kier alpha value is -2.88. The minimum Gasteiger partial charge on any atom is -0.338 e. The molecule has 0 spiro atoms. The van der Waals surface area contributed by atoms with Gasteiger partial charge in [0.2, 0.25) is 5.91 Å². The van der Waals surface area contributed by atoms with Crippen molar-refractivity contribution in [2.75, 3.05) is 6.54 Å². The van der Waals surface area contributed by atoms with Gasteiger partial charge >= 0.3 is 0 Å². The summed E-state index contributed by atoms with van der Waals surface area (Å²) in [4.78, 5) is 29.3. The van der Waals surface area contributed by atoms with Gasteiger partial charge in [-0.05, 0) is 54.0 Å². The molecule has 1 amide bonds. The molecule has 1 aliphatic heterocycles. The van der Waals surface area contributed by atoms with Crippen LogP contribution in [0.5, 0.6) is 0 Å². The number of H-pyrrole nitrogens is 1. The summed E-state index contributed by atoms with van der Waals surface area (Å²) in [6.45, 7) is 3.31. The number of fused-ring (bicyclic) bond motifs is 2. The first-order valence-electron chi connectivity index (χ1n) is 9.07. The monoisotopic (exact) mass is 346 g/mol. The number of hydrogen-bond donors (Lipinski definition) is 1. The third kappa shape index (κ3) is 3.27. The lowest BCUT2D eigenvalue weighted by Crippen LogP contribution is -2.36. The van der Waals surface area contributed by atoms with E-state index in [2.05, 4.69) is 23.2 Å². The molecule has 0 unspecified atom stereocenters. The molecule has 3 aromatic rings. The van der Waals surface area contributed by atoms with Gasteiger partial charge in [0.15, 0.2) is 0 Å². The summed E-state index contributed by atoms with van der Waals surface area (Å²) in [5.41, 5.74) is 5.17. The van der Waals surface area contributed by atoms with E-state index in [-0.39, 0.29) is 11.5 Å². The topological polar surface area (TPSA) is 53.2 Å². The number of nitrogens with one attached hydrogen (secondary N) is 1. The lowest BCUT2D eigenvalue weighted by Gasteiger charge is -2.29. The zero-order valence-corrected chi connectivity index (χ0v) is 14.9. The number of aryl methyl sites for hydroxylation is 2. The molecule has 26 heavy (non-hydrogen) atoms. The van der Waals surface area contributed by atoms with Crippen molar-refractivity contribution in [1.82, 2.24) is 9.88 Å². The molecule has 4 nitrogen and oxygen atoms in total. The number of carbonyl (C=O) groups is 1. The van der Waals surface area contributed by atoms with Gasteiger partial charge in [-0.3, -0.25) is 9.59 Å². The highest BCUT2D eigenvalue weighted by Crippen LogP contribution is 2.20.